The molecule has 6 nitrogen and oxygen atoms in total. The second kappa shape index (κ2) is 7.52. The van der Waals surface area contributed by atoms with Gasteiger partial charge in [-0.1, -0.05) is 30.3 Å². The van der Waals surface area contributed by atoms with Crippen LogP contribution in [0.1, 0.15) is 5.56 Å². The highest BCUT2D eigenvalue weighted by molar-refractivity contribution is 5.88. The van der Waals surface area contributed by atoms with E-state index in [-0.39, 0.29) is 0 Å². The number of aromatic amines is 1. The van der Waals surface area contributed by atoms with Gasteiger partial charge < -0.3 is 5.32 Å². The molecule has 2 aromatic carbocycles. The van der Waals surface area contributed by atoms with E-state index in [1.165, 1.54) is 11.9 Å². The minimum Gasteiger partial charge on any atom is -0.366 e. The Labute approximate surface area is 167 Å². The Bertz CT molecular complexity index is 1250. The summed E-state index contributed by atoms with van der Waals surface area (Å²) >= 11 is 0. The fourth-order valence-electron chi connectivity index (χ4n) is 3.33. The average molecular weight is 378 g/mol. The number of benzene rings is 2. The summed E-state index contributed by atoms with van der Waals surface area (Å²) in [6, 6.07) is 16.7. The third kappa shape index (κ3) is 3.68. The Kier molecular flexibility index (Phi) is 4.42. The smallest absolute Gasteiger partial charge is 0.126 e. The van der Waals surface area contributed by atoms with Gasteiger partial charge in [0.25, 0.3) is 0 Å². The van der Waals surface area contributed by atoms with Crippen molar-refractivity contribution in [1.29, 1.82) is 0 Å². The van der Waals surface area contributed by atoms with Gasteiger partial charge in [-0.05, 0) is 40.3 Å². The van der Waals surface area contributed by atoms with Gasteiger partial charge in [0.2, 0.25) is 0 Å². The van der Waals surface area contributed by atoms with Crippen molar-refractivity contribution in [1.82, 2.24) is 25.1 Å². The van der Waals surface area contributed by atoms with Gasteiger partial charge in [0, 0.05) is 47.8 Å². The van der Waals surface area contributed by atoms with Crippen LogP contribution in [0.15, 0.2) is 85.8 Å². The molecule has 0 aliphatic rings. The summed E-state index contributed by atoms with van der Waals surface area (Å²) in [5, 5.41) is 12.6. The lowest BCUT2D eigenvalue weighted by Crippen LogP contribution is -2.01. The summed E-state index contributed by atoms with van der Waals surface area (Å²) in [6.07, 6.45) is 10.8. The van der Waals surface area contributed by atoms with Gasteiger partial charge in [-0.15, -0.1) is 0 Å². The van der Waals surface area contributed by atoms with Gasteiger partial charge in [-0.25, -0.2) is 15.0 Å². The summed E-state index contributed by atoms with van der Waals surface area (Å²) in [5.74, 6) is 0.843. The zero-order chi connectivity index (χ0) is 19.5. The van der Waals surface area contributed by atoms with Crippen molar-refractivity contribution >= 4 is 16.6 Å². The van der Waals surface area contributed by atoms with E-state index in [2.05, 4.69) is 72.9 Å². The topological polar surface area (TPSA) is 79.4 Å². The quantitative estimate of drug-likeness (QED) is 0.464. The molecule has 29 heavy (non-hydrogen) atoms. The van der Waals surface area contributed by atoms with Crippen molar-refractivity contribution in [2.45, 2.75) is 6.54 Å². The van der Waals surface area contributed by atoms with Crippen LogP contribution >= 0.6 is 0 Å². The normalized spacial score (nSPS) is 10.9. The van der Waals surface area contributed by atoms with Crippen LogP contribution in [-0.4, -0.2) is 25.1 Å². The highest BCUT2D eigenvalue weighted by Gasteiger charge is 2.04. The van der Waals surface area contributed by atoms with E-state index >= 15 is 0 Å². The monoisotopic (exact) mass is 378 g/mol. The molecule has 0 atom stereocenters. The number of fused-ring (bicyclic) bond motifs is 1. The Morgan fingerprint density at radius 3 is 2.52 bits per heavy atom. The highest BCUT2D eigenvalue weighted by Crippen LogP contribution is 2.25. The van der Waals surface area contributed by atoms with Gasteiger partial charge in [0.1, 0.15) is 12.1 Å². The number of nitrogens with one attached hydrogen (secondary N) is 2. The SMILES string of the molecule is c1cc(CNc2cc3cc(-c4cn[nH]c4)ccc3cn2)cc(-c2cncnc2)c1. The number of anilines is 1. The minimum absolute atomic E-state index is 0.682. The van der Waals surface area contributed by atoms with Crippen LogP contribution in [0.3, 0.4) is 0 Å². The molecule has 0 aliphatic carbocycles. The molecule has 0 fully saturated rings. The number of aromatic nitrogens is 5. The number of nitrogens with zero attached hydrogens (tertiary/aromatic N) is 4. The van der Waals surface area contributed by atoms with Gasteiger partial charge in [-0.2, -0.15) is 5.10 Å². The van der Waals surface area contributed by atoms with Crippen LogP contribution in [0, 0.1) is 0 Å². The van der Waals surface area contributed by atoms with Crippen molar-refractivity contribution in [2.24, 2.45) is 0 Å². The standard InChI is InChI=1S/C23H18N6/c1-2-16(6-17(3-1)21-10-24-15-25-11-21)9-26-23-8-20-7-18(22-13-28-29-14-22)4-5-19(20)12-27-23/h1-8,10-15H,9H2,(H,26,27)(H,28,29). The molecule has 3 heterocycles. The lowest BCUT2D eigenvalue weighted by molar-refractivity contribution is 1.09. The second-order valence-corrected chi connectivity index (χ2v) is 6.80. The van der Waals surface area contributed by atoms with E-state index in [0.29, 0.717) is 6.54 Å². The van der Waals surface area contributed by atoms with Crippen LogP contribution < -0.4 is 5.32 Å². The Morgan fingerprint density at radius 2 is 1.66 bits per heavy atom. The van der Waals surface area contributed by atoms with Crippen LogP contribution in [-0.2, 0) is 6.54 Å². The molecule has 0 saturated carbocycles. The lowest BCUT2D eigenvalue weighted by atomic mass is 10.0. The number of pyridine rings is 1. The lowest BCUT2D eigenvalue weighted by Gasteiger charge is -2.09. The Morgan fingerprint density at radius 1 is 0.759 bits per heavy atom. The number of H-pyrrole nitrogens is 1. The predicted molar refractivity (Wildman–Crippen MR) is 114 cm³/mol. The van der Waals surface area contributed by atoms with Crippen LogP contribution in [0.2, 0.25) is 0 Å². The molecule has 0 unspecified atom stereocenters. The van der Waals surface area contributed by atoms with E-state index in [1.54, 1.807) is 0 Å². The fourth-order valence-corrected chi connectivity index (χ4v) is 3.33. The van der Waals surface area contributed by atoms with Gasteiger partial charge in [0.05, 0.1) is 6.20 Å². The molecule has 0 amide bonds. The summed E-state index contributed by atoms with van der Waals surface area (Å²) < 4.78 is 0. The zero-order valence-electron chi connectivity index (χ0n) is 15.6. The first-order valence-corrected chi connectivity index (χ1v) is 9.32. The second-order valence-electron chi connectivity index (χ2n) is 6.80. The Hall–Kier alpha value is -4.06. The van der Waals surface area contributed by atoms with Gasteiger partial charge in [-0.3, -0.25) is 5.10 Å². The van der Waals surface area contributed by atoms with E-state index in [0.717, 1.165) is 38.8 Å². The molecule has 3 aromatic heterocycles. The van der Waals surface area contributed by atoms with Crippen molar-refractivity contribution < 1.29 is 0 Å². The van der Waals surface area contributed by atoms with Crippen LogP contribution in [0.4, 0.5) is 5.82 Å². The third-order valence-electron chi connectivity index (χ3n) is 4.85. The molecule has 0 saturated heterocycles. The molecule has 2 N–H and O–H groups in total. The van der Waals surface area contributed by atoms with Crippen molar-refractivity contribution in [2.75, 3.05) is 5.32 Å². The maximum absolute atomic E-state index is 4.55. The van der Waals surface area contributed by atoms with Crippen molar-refractivity contribution in [3.05, 3.63) is 91.4 Å². The highest BCUT2D eigenvalue weighted by atomic mass is 15.1. The molecule has 5 aromatic rings. The molecular weight excluding hydrogens is 360 g/mol. The maximum Gasteiger partial charge on any atom is 0.126 e. The largest absolute Gasteiger partial charge is 0.366 e. The first-order chi connectivity index (χ1) is 14.3. The third-order valence-corrected chi connectivity index (χ3v) is 4.85. The number of hydrogen-bond donors (Lipinski definition) is 2. The summed E-state index contributed by atoms with van der Waals surface area (Å²) in [5.41, 5.74) is 5.47. The Balaban J connectivity index is 1.37. The first-order valence-electron chi connectivity index (χ1n) is 9.32. The minimum atomic E-state index is 0.682. The van der Waals surface area contributed by atoms with Gasteiger partial charge in [0.15, 0.2) is 0 Å². The summed E-state index contributed by atoms with van der Waals surface area (Å²) in [7, 11) is 0. The molecule has 5 rings (SSSR count). The maximum atomic E-state index is 4.55. The number of rotatable bonds is 5. The average Bonchev–Trinajstić information content (AvgIpc) is 3.33. The van der Waals surface area contributed by atoms with Crippen LogP contribution in [0.5, 0.6) is 0 Å². The molecule has 0 radical (unpaired) electrons. The van der Waals surface area contributed by atoms with E-state index in [4.69, 9.17) is 0 Å². The van der Waals surface area contributed by atoms with E-state index in [1.807, 2.05) is 37.1 Å². The molecule has 0 bridgehead atoms. The molecular formula is C23H18N6. The van der Waals surface area contributed by atoms with Gasteiger partial charge >= 0.3 is 0 Å². The predicted octanol–water partition coefficient (Wildman–Crippen LogP) is 4.69. The zero-order valence-corrected chi connectivity index (χ0v) is 15.6. The van der Waals surface area contributed by atoms with E-state index in [9.17, 15) is 0 Å². The molecule has 0 spiro atoms. The van der Waals surface area contributed by atoms with Crippen LogP contribution in [0.25, 0.3) is 33.0 Å². The fraction of sp³-hybridized carbons (Fsp3) is 0.0435. The molecule has 6 heteroatoms. The summed E-state index contributed by atoms with van der Waals surface area (Å²) in [6.45, 7) is 0.682. The van der Waals surface area contributed by atoms with Crippen molar-refractivity contribution in [3.63, 3.8) is 0 Å². The first kappa shape index (κ1) is 17.1. The van der Waals surface area contributed by atoms with Crippen molar-refractivity contribution in [3.8, 4) is 22.3 Å². The van der Waals surface area contributed by atoms with E-state index < -0.39 is 0 Å². The molecule has 140 valence electrons. The summed E-state index contributed by atoms with van der Waals surface area (Å²) in [4.78, 5) is 12.7. The molecule has 0 aliphatic heterocycles. The number of hydrogen-bond acceptors (Lipinski definition) is 5.